The van der Waals surface area contributed by atoms with Gasteiger partial charge in [0.05, 0.1) is 6.42 Å². The van der Waals surface area contributed by atoms with E-state index in [1.165, 1.54) is 0 Å². The lowest BCUT2D eigenvalue weighted by Crippen LogP contribution is -2.07. The number of rotatable bonds is 4. The summed E-state index contributed by atoms with van der Waals surface area (Å²) in [6, 6.07) is 1.69. The average molecular weight is 459 g/mol. The van der Waals surface area contributed by atoms with E-state index in [1.54, 1.807) is 0 Å². The molecule has 0 amide bonds. The molecule has 0 heterocycles. The highest BCUT2D eigenvalue weighted by molar-refractivity contribution is 9.09. The van der Waals surface area contributed by atoms with Crippen molar-refractivity contribution in [3.63, 3.8) is 0 Å². The molecule has 0 saturated heterocycles. The summed E-state index contributed by atoms with van der Waals surface area (Å²) in [6.07, 6.45) is -0.664. The zero-order valence-electron chi connectivity index (χ0n) is 13.0. The molecule has 4 nitrogen and oxygen atoms in total. The van der Waals surface area contributed by atoms with Crippen LogP contribution in [-0.2, 0) is 16.0 Å². The number of carboxylic acids is 2. The Kier molecular flexibility index (Phi) is 7.82. The first-order valence-electron chi connectivity index (χ1n) is 6.80. The molecule has 2 aromatic rings. The second kappa shape index (κ2) is 9.40. The summed E-state index contributed by atoms with van der Waals surface area (Å²) in [6.45, 7) is 0. The number of carboxylic acid groups (broad SMARTS) is 2. The quantitative estimate of drug-likeness (QED) is 0.405. The fraction of sp³-hybridized carbons (Fsp3) is 0.125. The molecular weight excluding hydrogens is 450 g/mol. The van der Waals surface area contributed by atoms with E-state index in [1.807, 2.05) is 0 Å². The molecule has 0 bridgehead atoms. The van der Waals surface area contributed by atoms with Gasteiger partial charge in [-0.1, -0.05) is 15.9 Å². The highest BCUT2D eigenvalue weighted by atomic mass is 79.9. The van der Waals surface area contributed by atoms with E-state index < -0.39 is 63.7 Å². The van der Waals surface area contributed by atoms with Gasteiger partial charge in [0.25, 0.3) is 0 Å². The topological polar surface area (TPSA) is 74.6 Å². The van der Waals surface area contributed by atoms with Crippen molar-refractivity contribution in [1.82, 2.24) is 0 Å². The van der Waals surface area contributed by atoms with Gasteiger partial charge in [-0.2, -0.15) is 0 Å². The lowest BCUT2D eigenvalue weighted by atomic mass is 10.1. The average Bonchev–Trinajstić information content (AvgIpc) is 2.55. The summed E-state index contributed by atoms with van der Waals surface area (Å²) >= 11 is 2.63. The molecule has 11 heteroatoms. The molecule has 2 rings (SSSR count). The summed E-state index contributed by atoms with van der Waals surface area (Å²) in [5.41, 5.74) is -0.817. The van der Waals surface area contributed by atoms with E-state index in [9.17, 15) is 35.9 Å². The lowest BCUT2D eigenvalue weighted by molar-refractivity contribution is -0.137. The maximum Gasteiger partial charge on any atom is 0.321 e. The Morgan fingerprint density at radius 1 is 0.778 bits per heavy atom. The summed E-state index contributed by atoms with van der Waals surface area (Å²) < 4.78 is 75.5. The number of hydrogen-bond donors (Lipinski definition) is 2. The predicted molar refractivity (Wildman–Crippen MR) is 83.3 cm³/mol. The Bertz CT molecular complexity index is 874. The Morgan fingerprint density at radius 2 is 1.22 bits per heavy atom. The largest absolute Gasteiger partial charge is 0.481 e. The molecule has 0 spiro atoms. The molecule has 0 aliphatic rings. The van der Waals surface area contributed by atoms with Gasteiger partial charge in [-0.25, -0.2) is 26.3 Å². The second-order valence-electron chi connectivity index (χ2n) is 4.92. The monoisotopic (exact) mass is 458 g/mol. The molecule has 0 aliphatic carbocycles. The molecule has 0 aromatic heterocycles. The summed E-state index contributed by atoms with van der Waals surface area (Å²) in [5.74, 6) is -10.1. The van der Waals surface area contributed by atoms with Crippen LogP contribution >= 0.6 is 15.9 Å². The van der Waals surface area contributed by atoms with E-state index >= 15 is 0 Å². The van der Waals surface area contributed by atoms with Crippen LogP contribution < -0.4 is 0 Å². The first kappa shape index (κ1) is 22.5. The number of halogens is 7. The Hall–Kier alpha value is -2.56. The molecule has 2 aromatic carbocycles. The maximum atomic E-state index is 12.9. The molecule has 146 valence electrons. The van der Waals surface area contributed by atoms with Crippen molar-refractivity contribution in [3.8, 4) is 0 Å². The third-order valence-electron chi connectivity index (χ3n) is 2.96. The van der Waals surface area contributed by atoms with E-state index in [0.29, 0.717) is 24.3 Å². The summed E-state index contributed by atoms with van der Waals surface area (Å²) in [5, 5.41) is 16.8. The predicted octanol–water partition coefficient (Wildman–Crippen LogP) is 4.36. The van der Waals surface area contributed by atoms with Gasteiger partial charge in [0.15, 0.2) is 23.3 Å². The number of hydrogen-bond acceptors (Lipinski definition) is 2. The summed E-state index contributed by atoms with van der Waals surface area (Å²) in [4.78, 5) is 19.2. The smallest absolute Gasteiger partial charge is 0.321 e. The van der Waals surface area contributed by atoms with Crippen LogP contribution in [0.3, 0.4) is 0 Å². The zero-order chi connectivity index (χ0) is 20.9. The first-order chi connectivity index (χ1) is 12.4. The number of aliphatic carboxylic acids is 2. The molecule has 1 atom stereocenters. The van der Waals surface area contributed by atoms with E-state index in [2.05, 4.69) is 15.9 Å². The molecule has 0 aliphatic heterocycles. The first-order valence-corrected chi connectivity index (χ1v) is 7.72. The van der Waals surface area contributed by atoms with Crippen LogP contribution in [0.5, 0.6) is 0 Å². The minimum absolute atomic E-state index is 0.307. The number of alkyl halides is 1. The Labute approximate surface area is 156 Å². The highest BCUT2D eigenvalue weighted by Gasteiger charge is 2.22. The highest BCUT2D eigenvalue weighted by Crippen LogP contribution is 2.27. The van der Waals surface area contributed by atoms with E-state index in [4.69, 9.17) is 10.2 Å². The number of benzene rings is 2. The van der Waals surface area contributed by atoms with Gasteiger partial charge >= 0.3 is 11.9 Å². The lowest BCUT2D eigenvalue weighted by Gasteiger charge is -2.06. The number of carbonyl (C=O) groups is 2. The van der Waals surface area contributed by atoms with Crippen molar-refractivity contribution < 1.29 is 46.1 Å². The standard InChI is InChI=1S/C8H4BrF3O2.C8H5F3O2/c9-7(8(13)14)3-1-5(11)6(12)2-4(3)10;9-5-3-7(11)6(10)1-4(5)2-8(12)13/h1-2,7H,(H,13,14);1,3H,2H2,(H,12,13). The third-order valence-corrected chi connectivity index (χ3v) is 3.85. The summed E-state index contributed by atoms with van der Waals surface area (Å²) in [7, 11) is 0. The van der Waals surface area contributed by atoms with Gasteiger partial charge in [-0.3, -0.25) is 9.59 Å². The van der Waals surface area contributed by atoms with Crippen molar-refractivity contribution in [2.24, 2.45) is 0 Å². The van der Waals surface area contributed by atoms with Crippen molar-refractivity contribution in [1.29, 1.82) is 0 Å². The molecule has 1 unspecified atom stereocenters. The van der Waals surface area contributed by atoms with Crippen LogP contribution in [0.1, 0.15) is 16.0 Å². The molecular formula is C16H9BrF6O4. The van der Waals surface area contributed by atoms with Crippen molar-refractivity contribution in [2.75, 3.05) is 0 Å². The van der Waals surface area contributed by atoms with Gasteiger partial charge in [0.2, 0.25) is 0 Å². The van der Waals surface area contributed by atoms with Gasteiger partial charge in [0, 0.05) is 23.3 Å². The minimum Gasteiger partial charge on any atom is -0.481 e. The SMILES string of the molecule is O=C(O)C(Br)c1cc(F)c(F)cc1F.O=C(O)Cc1cc(F)c(F)cc1F. The second-order valence-corrected chi connectivity index (χ2v) is 5.83. The zero-order valence-corrected chi connectivity index (χ0v) is 14.5. The fourth-order valence-corrected chi connectivity index (χ4v) is 2.08. The van der Waals surface area contributed by atoms with Crippen LogP contribution in [-0.4, -0.2) is 22.2 Å². The van der Waals surface area contributed by atoms with Crippen molar-refractivity contribution in [2.45, 2.75) is 11.2 Å². The van der Waals surface area contributed by atoms with Gasteiger partial charge in [0.1, 0.15) is 16.5 Å². The molecule has 0 saturated carbocycles. The molecule has 0 fully saturated rings. The van der Waals surface area contributed by atoms with Crippen LogP contribution in [0.4, 0.5) is 26.3 Å². The van der Waals surface area contributed by atoms with Crippen molar-refractivity contribution >= 4 is 27.9 Å². The van der Waals surface area contributed by atoms with Crippen LogP contribution in [0.25, 0.3) is 0 Å². The van der Waals surface area contributed by atoms with Crippen molar-refractivity contribution in [3.05, 3.63) is 70.3 Å². The molecule has 0 radical (unpaired) electrons. The van der Waals surface area contributed by atoms with Crippen LogP contribution in [0.2, 0.25) is 0 Å². The molecule has 27 heavy (non-hydrogen) atoms. The minimum atomic E-state index is -1.39. The van der Waals surface area contributed by atoms with Gasteiger partial charge in [-0.15, -0.1) is 0 Å². The Morgan fingerprint density at radius 3 is 1.70 bits per heavy atom. The molecule has 2 N–H and O–H groups in total. The van der Waals surface area contributed by atoms with Crippen LogP contribution in [0, 0.1) is 34.9 Å². The maximum absolute atomic E-state index is 12.9. The third kappa shape index (κ3) is 6.27. The van der Waals surface area contributed by atoms with Gasteiger partial charge in [-0.05, 0) is 12.1 Å². The van der Waals surface area contributed by atoms with Gasteiger partial charge < -0.3 is 10.2 Å². The van der Waals surface area contributed by atoms with Crippen LogP contribution in [0.15, 0.2) is 24.3 Å². The van der Waals surface area contributed by atoms with E-state index in [0.717, 1.165) is 0 Å². The van der Waals surface area contributed by atoms with E-state index in [-0.39, 0.29) is 5.56 Å². The Balaban J connectivity index is 0.000000271. The normalized spacial score (nSPS) is 11.4. The fourth-order valence-electron chi connectivity index (χ4n) is 1.73.